The van der Waals surface area contributed by atoms with Crippen LogP contribution in [0.5, 0.6) is 0 Å². The molecule has 1 saturated heterocycles. The number of morpholine rings is 1. The molecule has 134 valence electrons. The van der Waals surface area contributed by atoms with Crippen LogP contribution in [0.25, 0.3) is 11.2 Å². The third-order valence-corrected chi connectivity index (χ3v) is 3.98. The van der Waals surface area contributed by atoms with Gasteiger partial charge >= 0.3 is 0 Å². The molecule has 3 aromatic rings. The van der Waals surface area contributed by atoms with E-state index in [1.165, 1.54) is 28.1 Å². The van der Waals surface area contributed by atoms with Crippen molar-refractivity contribution >= 4 is 17.1 Å². The fourth-order valence-electron chi connectivity index (χ4n) is 2.71. The van der Waals surface area contributed by atoms with Crippen molar-refractivity contribution in [1.82, 2.24) is 30.0 Å². The summed E-state index contributed by atoms with van der Waals surface area (Å²) in [6.07, 6.45) is 2.54. The molecule has 3 aromatic heterocycles. The number of halogens is 1. The minimum Gasteiger partial charge on any atom is -0.391 e. The van der Waals surface area contributed by atoms with Crippen LogP contribution in [0.4, 0.5) is 4.39 Å². The first kappa shape index (κ1) is 16.3. The Morgan fingerprint density at radius 3 is 3.04 bits per heavy atom. The predicted molar refractivity (Wildman–Crippen MR) is 86.6 cm³/mol. The van der Waals surface area contributed by atoms with Crippen LogP contribution in [0, 0.1) is 5.95 Å². The summed E-state index contributed by atoms with van der Waals surface area (Å²) >= 11 is 0. The van der Waals surface area contributed by atoms with E-state index in [9.17, 15) is 9.18 Å². The Bertz CT molecular complexity index is 933. The van der Waals surface area contributed by atoms with Crippen molar-refractivity contribution in [2.24, 2.45) is 0 Å². The highest BCUT2D eigenvalue weighted by Gasteiger charge is 2.27. The van der Waals surface area contributed by atoms with E-state index in [1.54, 1.807) is 18.3 Å². The van der Waals surface area contributed by atoms with Crippen molar-refractivity contribution in [2.75, 3.05) is 26.3 Å². The van der Waals surface area contributed by atoms with Crippen molar-refractivity contribution in [3.05, 3.63) is 48.2 Å². The van der Waals surface area contributed by atoms with Crippen LogP contribution in [0.3, 0.4) is 0 Å². The lowest BCUT2D eigenvalue weighted by molar-refractivity contribution is -0.0681. The van der Waals surface area contributed by atoms with E-state index in [0.29, 0.717) is 24.3 Å². The van der Waals surface area contributed by atoms with E-state index < -0.39 is 11.9 Å². The topological polar surface area (TPSA) is 95.3 Å². The molecule has 0 saturated carbocycles. The second-order valence-electron chi connectivity index (χ2n) is 5.69. The summed E-state index contributed by atoms with van der Waals surface area (Å²) in [5, 5.41) is 7.83. The number of aromatic nitrogens is 5. The number of rotatable bonds is 4. The lowest BCUT2D eigenvalue weighted by Crippen LogP contribution is -2.48. The van der Waals surface area contributed by atoms with Crippen LogP contribution >= 0.6 is 0 Å². The highest BCUT2D eigenvalue weighted by atomic mass is 19.1. The Morgan fingerprint density at radius 2 is 2.15 bits per heavy atom. The third kappa shape index (κ3) is 3.18. The molecule has 0 N–H and O–H groups in total. The molecular weight excluding hydrogens is 343 g/mol. The maximum Gasteiger partial charge on any atom is 0.258 e. The zero-order chi connectivity index (χ0) is 17.9. The van der Waals surface area contributed by atoms with E-state index >= 15 is 0 Å². The minimum atomic E-state index is -0.781. The molecule has 4 heterocycles. The van der Waals surface area contributed by atoms with Crippen molar-refractivity contribution in [1.29, 1.82) is 0 Å². The van der Waals surface area contributed by atoms with Gasteiger partial charge in [-0.25, -0.2) is 9.97 Å². The smallest absolute Gasteiger partial charge is 0.258 e. The van der Waals surface area contributed by atoms with Gasteiger partial charge in [-0.15, -0.1) is 5.10 Å². The average Bonchev–Trinajstić information content (AvgIpc) is 3.10. The number of ether oxygens (including phenoxy) is 1. The van der Waals surface area contributed by atoms with Crippen LogP contribution in [0.15, 0.2) is 36.7 Å². The van der Waals surface area contributed by atoms with Gasteiger partial charge in [0, 0.05) is 18.9 Å². The van der Waals surface area contributed by atoms with E-state index in [4.69, 9.17) is 9.57 Å². The zero-order valence-electron chi connectivity index (χ0n) is 13.7. The molecule has 0 aromatic carbocycles. The Hall–Kier alpha value is -3.14. The summed E-state index contributed by atoms with van der Waals surface area (Å²) in [6.45, 7) is 1.12. The summed E-state index contributed by atoms with van der Waals surface area (Å²) in [5.41, 5.74) is 1.05. The van der Waals surface area contributed by atoms with Gasteiger partial charge in [0.15, 0.2) is 0 Å². The third-order valence-electron chi connectivity index (χ3n) is 3.98. The molecule has 0 spiro atoms. The van der Waals surface area contributed by atoms with E-state index in [2.05, 4.69) is 20.3 Å². The first-order valence-electron chi connectivity index (χ1n) is 8.03. The quantitative estimate of drug-likeness (QED) is 0.620. The number of hydrogen-bond acceptors (Lipinski definition) is 7. The standard InChI is InChI=1S/C16H15FN6O3/c17-14-12(3-1-5-18-14)16(24)22-7-8-25-11(9-22)10-26-23-15-13(20-21-23)4-2-6-19-15/h1-6,11H,7-10H2. The second-order valence-corrected chi connectivity index (χ2v) is 5.69. The second kappa shape index (κ2) is 7.00. The fourth-order valence-corrected chi connectivity index (χ4v) is 2.71. The van der Waals surface area contributed by atoms with Gasteiger partial charge in [-0.2, -0.15) is 4.39 Å². The van der Waals surface area contributed by atoms with Crippen LogP contribution in [-0.4, -0.2) is 68.3 Å². The molecule has 1 fully saturated rings. The molecule has 0 bridgehead atoms. The molecular formula is C16H15FN6O3. The normalized spacial score (nSPS) is 17.4. The molecule has 4 rings (SSSR count). The molecule has 0 radical (unpaired) electrons. The largest absolute Gasteiger partial charge is 0.391 e. The Morgan fingerprint density at radius 1 is 1.31 bits per heavy atom. The van der Waals surface area contributed by atoms with Gasteiger partial charge < -0.3 is 14.5 Å². The number of pyridine rings is 2. The molecule has 1 aliphatic heterocycles. The lowest BCUT2D eigenvalue weighted by Gasteiger charge is -2.32. The highest BCUT2D eigenvalue weighted by Crippen LogP contribution is 2.13. The maximum absolute atomic E-state index is 13.7. The van der Waals surface area contributed by atoms with E-state index in [0.717, 1.165) is 0 Å². The van der Waals surface area contributed by atoms with Crippen molar-refractivity contribution < 1.29 is 18.8 Å². The Balaban J connectivity index is 1.41. The average molecular weight is 358 g/mol. The Kier molecular flexibility index (Phi) is 4.40. The first-order valence-corrected chi connectivity index (χ1v) is 8.03. The minimum absolute atomic E-state index is 0.0551. The maximum atomic E-state index is 13.7. The number of carbonyl (C=O) groups is 1. The summed E-state index contributed by atoms with van der Waals surface area (Å²) in [5.74, 6) is -1.20. The molecule has 1 atom stereocenters. The van der Waals surface area contributed by atoms with E-state index in [1.807, 2.05) is 0 Å². The summed E-state index contributed by atoms with van der Waals surface area (Å²) in [4.78, 5) is 28.5. The molecule has 1 aliphatic rings. The number of nitrogens with zero attached hydrogens (tertiary/aromatic N) is 6. The van der Waals surface area contributed by atoms with Gasteiger partial charge in [0.05, 0.1) is 18.7 Å². The van der Waals surface area contributed by atoms with Gasteiger partial charge in [0.2, 0.25) is 11.6 Å². The summed E-state index contributed by atoms with van der Waals surface area (Å²) < 4.78 is 19.4. The lowest BCUT2D eigenvalue weighted by atomic mass is 10.2. The van der Waals surface area contributed by atoms with Crippen LogP contribution in [0.2, 0.25) is 0 Å². The van der Waals surface area contributed by atoms with Gasteiger partial charge in [0.1, 0.15) is 18.2 Å². The molecule has 10 heteroatoms. The number of fused-ring (bicyclic) bond motifs is 1. The molecule has 1 amide bonds. The number of amides is 1. The molecule has 9 nitrogen and oxygen atoms in total. The monoisotopic (exact) mass is 358 g/mol. The number of hydrogen-bond donors (Lipinski definition) is 0. The van der Waals surface area contributed by atoms with Crippen LogP contribution < -0.4 is 4.84 Å². The van der Waals surface area contributed by atoms with Crippen molar-refractivity contribution in [3.63, 3.8) is 0 Å². The number of carbonyl (C=O) groups excluding carboxylic acids is 1. The summed E-state index contributed by atoms with van der Waals surface area (Å²) in [7, 11) is 0. The predicted octanol–water partition coefficient (Wildman–Crippen LogP) is 0.330. The summed E-state index contributed by atoms with van der Waals surface area (Å²) in [6, 6.07) is 6.47. The van der Waals surface area contributed by atoms with Crippen molar-refractivity contribution in [3.8, 4) is 0 Å². The fraction of sp³-hybridized carbons (Fsp3) is 0.312. The van der Waals surface area contributed by atoms with Gasteiger partial charge in [0.25, 0.3) is 5.91 Å². The van der Waals surface area contributed by atoms with Crippen molar-refractivity contribution in [2.45, 2.75) is 6.10 Å². The molecule has 26 heavy (non-hydrogen) atoms. The van der Waals surface area contributed by atoms with Crippen LogP contribution in [-0.2, 0) is 4.74 Å². The Labute approximate surface area is 147 Å². The van der Waals surface area contributed by atoms with Gasteiger partial charge in [-0.05, 0) is 29.5 Å². The molecule has 1 unspecified atom stereocenters. The van der Waals surface area contributed by atoms with Gasteiger partial charge in [-0.3, -0.25) is 4.79 Å². The van der Waals surface area contributed by atoms with E-state index in [-0.39, 0.29) is 24.8 Å². The zero-order valence-corrected chi connectivity index (χ0v) is 13.7. The first-order chi connectivity index (χ1) is 12.7. The SMILES string of the molecule is O=C(c1cccnc1F)N1CCOC(COn2nnc3cccnc32)C1. The van der Waals surface area contributed by atoms with Gasteiger partial charge in [-0.1, -0.05) is 4.85 Å². The van der Waals surface area contributed by atoms with Crippen LogP contribution in [0.1, 0.15) is 10.4 Å². The highest BCUT2D eigenvalue weighted by molar-refractivity contribution is 5.94. The molecule has 0 aliphatic carbocycles.